The van der Waals surface area contributed by atoms with Gasteiger partial charge in [-0.1, -0.05) is 6.92 Å². The van der Waals surface area contributed by atoms with Crippen LogP contribution in [-0.2, 0) is 21.1 Å². The predicted octanol–water partition coefficient (Wildman–Crippen LogP) is 2.23. The normalized spacial score (nSPS) is 7.00. The van der Waals surface area contributed by atoms with Crippen LogP contribution in [0.2, 0.25) is 0 Å². The van der Waals surface area contributed by atoms with Crippen LogP contribution < -0.4 is 0 Å². The van der Waals surface area contributed by atoms with Crippen molar-refractivity contribution in [2.24, 2.45) is 0 Å². The van der Waals surface area contributed by atoms with Gasteiger partial charge < -0.3 is 7.43 Å². The Balaban J connectivity index is -0.0000000800. The van der Waals surface area contributed by atoms with E-state index >= 15 is 0 Å². The van der Waals surface area contributed by atoms with E-state index in [9.17, 15) is 0 Å². The molecule has 0 saturated heterocycles. The first-order valence-electron chi connectivity index (χ1n) is 1.86. The third-order valence-corrected chi connectivity index (χ3v) is 0.402. The summed E-state index contributed by atoms with van der Waals surface area (Å²) in [6.45, 7) is 5.58. The molecule has 0 radical (unpaired) electrons. The Morgan fingerprint density at radius 3 is 2.00 bits per heavy atom. The van der Waals surface area contributed by atoms with Gasteiger partial charge in [-0.25, -0.2) is 19.1 Å². The Hall–Kier alpha value is 0.298. The van der Waals surface area contributed by atoms with E-state index in [2.05, 4.69) is 13.8 Å². The molecule has 0 bridgehead atoms. The molecular formula is C6H12W. The van der Waals surface area contributed by atoms with Crippen LogP contribution in [0.3, 0.4) is 0 Å². The topological polar surface area (TPSA) is 0 Å². The quantitative estimate of drug-likeness (QED) is 0.640. The van der Waals surface area contributed by atoms with E-state index in [0.29, 0.717) is 0 Å². The summed E-state index contributed by atoms with van der Waals surface area (Å²) in [6, 6.07) is 0. The summed E-state index contributed by atoms with van der Waals surface area (Å²) in [5.41, 5.74) is 0. The third kappa shape index (κ3) is 22.0. The average Bonchev–Trinajstić information content (AvgIpc) is 1.41. The fourth-order valence-electron chi connectivity index (χ4n) is 0.167. The fourth-order valence-corrected chi connectivity index (χ4v) is 0.167. The molecule has 0 aliphatic rings. The molecule has 0 N–H and O–H groups in total. The maximum Gasteiger partial charge on any atom is 2.00 e. The molecule has 0 spiro atoms. The predicted molar refractivity (Wildman–Crippen MR) is 31.2 cm³/mol. The SMILES string of the molecule is [CH2-]/C=C\CC.[CH3-].[W+2]. The van der Waals surface area contributed by atoms with Crippen molar-refractivity contribution in [2.75, 3.05) is 0 Å². The average molecular weight is 268 g/mol. The molecule has 0 aromatic carbocycles. The maximum atomic E-state index is 3.49. The number of hydrogen-bond donors (Lipinski definition) is 0. The molecule has 0 atom stereocenters. The molecule has 0 heterocycles. The minimum Gasteiger partial charge on any atom is -0.358 e. The van der Waals surface area contributed by atoms with Crippen LogP contribution in [0.15, 0.2) is 12.2 Å². The molecule has 0 aliphatic carbocycles. The number of allylic oxidation sites excluding steroid dienone is 2. The van der Waals surface area contributed by atoms with Gasteiger partial charge in [0.1, 0.15) is 0 Å². The van der Waals surface area contributed by atoms with Gasteiger partial charge in [-0.2, -0.15) is 0 Å². The molecule has 0 rings (SSSR count). The number of hydrogen-bond acceptors (Lipinski definition) is 0. The zero-order valence-electron chi connectivity index (χ0n) is 4.98. The zero-order valence-corrected chi connectivity index (χ0v) is 7.91. The van der Waals surface area contributed by atoms with Gasteiger partial charge in [0.15, 0.2) is 0 Å². The second kappa shape index (κ2) is 16.3. The molecular weight excluding hydrogens is 256 g/mol. The summed E-state index contributed by atoms with van der Waals surface area (Å²) in [5.74, 6) is 0. The van der Waals surface area contributed by atoms with Crippen molar-refractivity contribution in [2.45, 2.75) is 13.3 Å². The van der Waals surface area contributed by atoms with Crippen molar-refractivity contribution in [1.29, 1.82) is 0 Å². The van der Waals surface area contributed by atoms with E-state index in [1.165, 1.54) is 0 Å². The van der Waals surface area contributed by atoms with Crippen LogP contribution in [-0.4, -0.2) is 0 Å². The second-order valence-corrected chi connectivity index (χ2v) is 0.880. The van der Waals surface area contributed by atoms with Crippen LogP contribution in [0, 0.1) is 14.4 Å². The Kier molecular flexibility index (Phi) is 36.4. The summed E-state index contributed by atoms with van der Waals surface area (Å²) < 4.78 is 0. The molecule has 1 heteroatoms. The van der Waals surface area contributed by atoms with E-state index in [4.69, 9.17) is 0 Å². The molecule has 42 valence electrons. The van der Waals surface area contributed by atoms with E-state index < -0.39 is 0 Å². The molecule has 0 unspecified atom stereocenters. The first kappa shape index (κ1) is 15.7. The van der Waals surface area contributed by atoms with Crippen molar-refractivity contribution >= 4 is 0 Å². The van der Waals surface area contributed by atoms with Gasteiger partial charge >= 0.3 is 21.1 Å². The summed E-state index contributed by atoms with van der Waals surface area (Å²) in [5, 5.41) is 0. The molecule has 0 saturated carbocycles. The molecule has 0 aromatic rings. The summed E-state index contributed by atoms with van der Waals surface area (Å²) >= 11 is 0. The summed E-state index contributed by atoms with van der Waals surface area (Å²) in [4.78, 5) is 0. The van der Waals surface area contributed by atoms with Gasteiger partial charge in [0.2, 0.25) is 0 Å². The van der Waals surface area contributed by atoms with Gasteiger partial charge in [0.25, 0.3) is 0 Å². The van der Waals surface area contributed by atoms with E-state index in [1.54, 1.807) is 6.08 Å². The standard InChI is InChI=1S/C5H9.CH3.W/c1-3-5-4-2;;/h3,5H,1,4H2,2H3;1H3;/q2*-1;+2/b5-3-;;. The molecule has 0 aliphatic heterocycles. The number of rotatable bonds is 1. The Morgan fingerprint density at radius 1 is 1.57 bits per heavy atom. The third-order valence-electron chi connectivity index (χ3n) is 0.402. The summed E-state index contributed by atoms with van der Waals surface area (Å²) in [7, 11) is 0. The van der Waals surface area contributed by atoms with Gasteiger partial charge in [-0.05, 0) is 0 Å². The molecule has 0 aromatic heterocycles. The van der Waals surface area contributed by atoms with E-state index in [-0.39, 0.29) is 28.5 Å². The molecule has 0 nitrogen and oxygen atoms in total. The minimum absolute atomic E-state index is 0. The van der Waals surface area contributed by atoms with Crippen molar-refractivity contribution in [3.05, 3.63) is 26.5 Å². The van der Waals surface area contributed by atoms with Crippen LogP contribution in [0.4, 0.5) is 0 Å². The smallest absolute Gasteiger partial charge is 0.358 e. The maximum absolute atomic E-state index is 3.49. The molecule has 0 fully saturated rings. The monoisotopic (exact) mass is 268 g/mol. The Labute approximate surface area is 61.3 Å². The summed E-state index contributed by atoms with van der Waals surface area (Å²) in [6.07, 6.45) is 4.92. The first-order valence-corrected chi connectivity index (χ1v) is 1.86. The van der Waals surface area contributed by atoms with Gasteiger partial charge in [0.05, 0.1) is 0 Å². The second-order valence-electron chi connectivity index (χ2n) is 0.880. The van der Waals surface area contributed by atoms with Gasteiger partial charge in [-0.15, -0.1) is 6.42 Å². The Bertz CT molecular complexity index is 31.2. The minimum atomic E-state index is 0. The van der Waals surface area contributed by atoms with Crippen molar-refractivity contribution in [3.63, 3.8) is 0 Å². The van der Waals surface area contributed by atoms with Gasteiger partial charge in [-0.3, -0.25) is 0 Å². The largest absolute Gasteiger partial charge is 2.00 e. The van der Waals surface area contributed by atoms with Crippen molar-refractivity contribution < 1.29 is 21.1 Å². The molecule has 0 amide bonds. The first-order chi connectivity index (χ1) is 2.41. The zero-order chi connectivity index (χ0) is 4.12. The van der Waals surface area contributed by atoms with E-state index in [1.807, 2.05) is 6.08 Å². The fraction of sp³-hybridized carbons (Fsp3) is 0.333. The van der Waals surface area contributed by atoms with Crippen molar-refractivity contribution in [1.82, 2.24) is 0 Å². The van der Waals surface area contributed by atoms with Crippen LogP contribution in [0.25, 0.3) is 0 Å². The van der Waals surface area contributed by atoms with Crippen molar-refractivity contribution in [3.8, 4) is 0 Å². The van der Waals surface area contributed by atoms with Crippen LogP contribution >= 0.6 is 0 Å². The van der Waals surface area contributed by atoms with Crippen LogP contribution in [0.1, 0.15) is 13.3 Å². The Morgan fingerprint density at radius 2 is 2.00 bits per heavy atom. The van der Waals surface area contributed by atoms with E-state index in [0.717, 1.165) is 6.42 Å². The molecule has 7 heavy (non-hydrogen) atoms. The van der Waals surface area contributed by atoms with Gasteiger partial charge in [0, 0.05) is 0 Å². The van der Waals surface area contributed by atoms with Crippen LogP contribution in [0.5, 0.6) is 0 Å².